The van der Waals surface area contributed by atoms with E-state index in [-0.39, 0.29) is 22.6 Å². The van der Waals surface area contributed by atoms with Crippen molar-refractivity contribution in [3.63, 3.8) is 0 Å². The van der Waals surface area contributed by atoms with Crippen LogP contribution < -0.4 is 5.32 Å². The van der Waals surface area contributed by atoms with Gasteiger partial charge in [-0.3, -0.25) is 14.9 Å². The summed E-state index contributed by atoms with van der Waals surface area (Å²) < 4.78 is 40.1. The predicted octanol–water partition coefficient (Wildman–Crippen LogP) is 4.67. The average molecular weight is 404 g/mol. The van der Waals surface area contributed by atoms with E-state index in [0.29, 0.717) is 11.3 Å². The molecule has 29 heavy (non-hydrogen) atoms. The van der Waals surface area contributed by atoms with E-state index in [4.69, 9.17) is 0 Å². The molecule has 10 heteroatoms. The molecule has 1 heterocycles. The van der Waals surface area contributed by atoms with Crippen molar-refractivity contribution in [2.24, 2.45) is 0 Å². The van der Waals surface area contributed by atoms with E-state index in [2.05, 4.69) is 10.4 Å². The predicted molar refractivity (Wildman–Crippen MR) is 99.1 cm³/mol. The first-order chi connectivity index (χ1) is 13.6. The minimum Gasteiger partial charge on any atom is -0.321 e. The summed E-state index contributed by atoms with van der Waals surface area (Å²) in [5.41, 5.74) is 0.480. The molecule has 0 saturated carbocycles. The largest absolute Gasteiger partial charge is 0.416 e. The fourth-order valence-electron chi connectivity index (χ4n) is 2.75. The van der Waals surface area contributed by atoms with Gasteiger partial charge in [0.1, 0.15) is 0 Å². The second-order valence-electron chi connectivity index (χ2n) is 6.31. The van der Waals surface area contributed by atoms with Gasteiger partial charge in [0, 0.05) is 12.1 Å². The Morgan fingerprint density at radius 2 is 1.90 bits per heavy atom. The summed E-state index contributed by atoms with van der Waals surface area (Å²) in [6.45, 7) is 3.22. The Balaban J connectivity index is 1.91. The monoisotopic (exact) mass is 404 g/mol. The highest BCUT2D eigenvalue weighted by molar-refractivity contribution is 6.05. The summed E-state index contributed by atoms with van der Waals surface area (Å²) in [6, 6.07) is 8.65. The lowest BCUT2D eigenvalue weighted by Gasteiger charge is -2.11. The Bertz CT molecular complexity index is 1110. The number of nitro benzene ring substituents is 1. The van der Waals surface area contributed by atoms with Gasteiger partial charge in [0.15, 0.2) is 0 Å². The first-order valence-corrected chi connectivity index (χ1v) is 8.36. The minimum absolute atomic E-state index is 0.133. The van der Waals surface area contributed by atoms with Crippen molar-refractivity contribution in [3.8, 4) is 5.69 Å². The zero-order valence-electron chi connectivity index (χ0n) is 15.3. The molecular formula is C19H15F3N4O3. The molecule has 1 amide bonds. The number of hydrogen-bond acceptors (Lipinski definition) is 4. The Hall–Kier alpha value is -3.69. The highest BCUT2D eigenvalue weighted by Gasteiger charge is 2.30. The summed E-state index contributed by atoms with van der Waals surface area (Å²) in [5, 5.41) is 17.5. The third kappa shape index (κ3) is 4.10. The van der Waals surface area contributed by atoms with Crippen LogP contribution in [-0.2, 0) is 6.18 Å². The number of benzene rings is 2. The van der Waals surface area contributed by atoms with Crippen LogP contribution in [0, 0.1) is 24.0 Å². The number of rotatable bonds is 4. The van der Waals surface area contributed by atoms with Crippen molar-refractivity contribution in [2.45, 2.75) is 20.0 Å². The Morgan fingerprint density at radius 3 is 2.55 bits per heavy atom. The van der Waals surface area contributed by atoms with Crippen LogP contribution in [0.3, 0.4) is 0 Å². The van der Waals surface area contributed by atoms with E-state index in [1.165, 1.54) is 41.2 Å². The fourth-order valence-corrected chi connectivity index (χ4v) is 2.75. The Labute approximate surface area is 162 Å². The van der Waals surface area contributed by atoms with Crippen LogP contribution in [0.5, 0.6) is 0 Å². The van der Waals surface area contributed by atoms with Crippen molar-refractivity contribution < 1.29 is 22.9 Å². The molecular weight excluding hydrogens is 389 g/mol. The Morgan fingerprint density at radius 1 is 1.17 bits per heavy atom. The normalized spacial score (nSPS) is 11.3. The maximum absolute atomic E-state index is 12.9. The van der Waals surface area contributed by atoms with Gasteiger partial charge in [0.25, 0.3) is 11.6 Å². The van der Waals surface area contributed by atoms with Gasteiger partial charge < -0.3 is 5.32 Å². The molecule has 0 radical (unpaired) electrons. The van der Waals surface area contributed by atoms with Gasteiger partial charge in [0.05, 0.1) is 39.3 Å². The topological polar surface area (TPSA) is 90.1 Å². The molecule has 0 saturated heterocycles. The zero-order valence-corrected chi connectivity index (χ0v) is 15.3. The number of carbonyl (C=O) groups is 1. The second-order valence-corrected chi connectivity index (χ2v) is 6.31. The van der Waals surface area contributed by atoms with E-state index < -0.39 is 22.6 Å². The lowest BCUT2D eigenvalue weighted by atomic mass is 10.1. The lowest BCUT2D eigenvalue weighted by Crippen LogP contribution is -2.14. The third-order valence-corrected chi connectivity index (χ3v) is 4.35. The molecule has 1 N–H and O–H groups in total. The van der Waals surface area contributed by atoms with Crippen molar-refractivity contribution in [1.82, 2.24) is 9.78 Å². The average Bonchev–Trinajstić information content (AvgIpc) is 3.04. The van der Waals surface area contributed by atoms with Gasteiger partial charge in [-0.25, -0.2) is 4.68 Å². The van der Waals surface area contributed by atoms with E-state index in [1.807, 2.05) is 0 Å². The number of halogens is 3. The van der Waals surface area contributed by atoms with Gasteiger partial charge in [-0.15, -0.1) is 0 Å². The Kier molecular flexibility index (Phi) is 5.10. The summed E-state index contributed by atoms with van der Waals surface area (Å²) in [5.74, 6) is -0.579. The first kappa shape index (κ1) is 20.1. The van der Waals surface area contributed by atoms with Crippen LogP contribution in [0.4, 0.5) is 24.5 Å². The number of anilines is 1. The van der Waals surface area contributed by atoms with Gasteiger partial charge in [-0.05, 0) is 37.6 Å². The highest BCUT2D eigenvalue weighted by Crippen LogP contribution is 2.30. The molecule has 1 aromatic heterocycles. The number of nitrogens with zero attached hydrogens (tertiary/aromatic N) is 3. The van der Waals surface area contributed by atoms with E-state index in [0.717, 1.165) is 12.1 Å². The molecule has 0 aliphatic carbocycles. The number of aromatic nitrogens is 2. The number of aryl methyl sites for hydroxylation is 1. The lowest BCUT2D eigenvalue weighted by molar-refractivity contribution is -0.384. The molecule has 0 spiro atoms. The molecule has 7 nitrogen and oxygen atoms in total. The van der Waals surface area contributed by atoms with Gasteiger partial charge in [-0.2, -0.15) is 18.3 Å². The number of carbonyl (C=O) groups excluding carboxylic acids is 1. The van der Waals surface area contributed by atoms with Crippen molar-refractivity contribution in [1.29, 1.82) is 0 Å². The van der Waals surface area contributed by atoms with Gasteiger partial charge >= 0.3 is 6.18 Å². The summed E-state index contributed by atoms with van der Waals surface area (Å²) in [7, 11) is 0. The standard InChI is InChI=1S/C19H15F3N4O3/c1-11-6-7-15(26(28)29)9-17(11)24-18(27)16-10-23-25(12(16)2)14-5-3-4-13(8-14)19(20,21)22/h3-10H,1-2H3,(H,24,27). The fraction of sp³-hybridized carbons (Fsp3) is 0.158. The molecule has 3 rings (SSSR count). The maximum atomic E-state index is 12.9. The summed E-state index contributed by atoms with van der Waals surface area (Å²) in [4.78, 5) is 23.0. The van der Waals surface area contributed by atoms with Crippen LogP contribution >= 0.6 is 0 Å². The van der Waals surface area contributed by atoms with Gasteiger partial charge in [-0.1, -0.05) is 12.1 Å². The van der Waals surface area contributed by atoms with Crippen LogP contribution in [-0.4, -0.2) is 20.6 Å². The first-order valence-electron chi connectivity index (χ1n) is 8.36. The number of nitrogens with one attached hydrogen (secondary N) is 1. The molecule has 150 valence electrons. The summed E-state index contributed by atoms with van der Waals surface area (Å²) >= 11 is 0. The van der Waals surface area contributed by atoms with Crippen LogP contribution in [0.25, 0.3) is 5.69 Å². The number of hydrogen-bond donors (Lipinski definition) is 1. The van der Waals surface area contributed by atoms with Gasteiger partial charge in [0.2, 0.25) is 0 Å². The molecule has 0 unspecified atom stereocenters. The second kappa shape index (κ2) is 7.38. The SMILES string of the molecule is Cc1ccc([N+](=O)[O-])cc1NC(=O)c1cnn(-c2cccc(C(F)(F)F)c2)c1C. The van der Waals surface area contributed by atoms with Crippen molar-refractivity contribution in [3.05, 3.63) is 81.2 Å². The molecule has 0 bridgehead atoms. The van der Waals surface area contributed by atoms with Crippen LogP contribution in [0.15, 0.2) is 48.7 Å². The van der Waals surface area contributed by atoms with E-state index in [9.17, 15) is 28.1 Å². The van der Waals surface area contributed by atoms with Crippen molar-refractivity contribution >= 4 is 17.3 Å². The van der Waals surface area contributed by atoms with E-state index >= 15 is 0 Å². The molecule has 2 aromatic carbocycles. The number of nitro groups is 1. The number of non-ortho nitro benzene ring substituents is 1. The smallest absolute Gasteiger partial charge is 0.321 e. The molecule has 0 aliphatic rings. The third-order valence-electron chi connectivity index (χ3n) is 4.35. The minimum atomic E-state index is -4.50. The van der Waals surface area contributed by atoms with E-state index in [1.54, 1.807) is 13.8 Å². The van der Waals surface area contributed by atoms with Crippen LogP contribution in [0.2, 0.25) is 0 Å². The van der Waals surface area contributed by atoms with Crippen LogP contribution in [0.1, 0.15) is 27.2 Å². The summed E-state index contributed by atoms with van der Waals surface area (Å²) in [6.07, 6.45) is -3.27. The molecule has 0 atom stereocenters. The number of alkyl halides is 3. The molecule has 0 fully saturated rings. The molecule has 3 aromatic rings. The number of amides is 1. The molecule has 0 aliphatic heterocycles. The maximum Gasteiger partial charge on any atom is 0.416 e. The highest BCUT2D eigenvalue weighted by atomic mass is 19.4. The zero-order chi connectivity index (χ0) is 21.3. The van der Waals surface area contributed by atoms with Crippen molar-refractivity contribution in [2.75, 3.05) is 5.32 Å². The quantitative estimate of drug-likeness (QED) is 0.506.